The Morgan fingerprint density at radius 3 is 2.46 bits per heavy atom. The molecule has 1 aliphatic heterocycles. The van der Waals surface area contributed by atoms with Crippen molar-refractivity contribution in [1.82, 2.24) is 4.98 Å². The monoisotopic (exact) mass is 376 g/mol. The van der Waals surface area contributed by atoms with E-state index in [1.54, 1.807) is 66.7 Å². The van der Waals surface area contributed by atoms with E-state index in [1.165, 1.54) is 12.1 Å². The number of nitrogens with zero attached hydrogens (tertiary/aromatic N) is 3. The predicted molar refractivity (Wildman–Crippen MR) is 104 cm³/mol. The van der Waals surface area contributed by atoms with Gasteiger partial charge in [0.2, 0.25) is 0 Å². The van der Waals surface area contributed by atoms with Gasteiger partial charge in [-0.15, -0.1) is 0 Å². The molecule has 0 aliphatic carbocycles. The number of pyridine rings is 1. The summed E-state index contributed by atoms with van der Waals surface area (Å²) in [7, 11) is 1.58. The molecule has 4 rings (SSSR count). The Kier molecular flexibility index (Phi) is 4.36. The number of ether oxygens (including phenoxy) is 1. The van der Waals surface area contributed by atoms with Crippen molar-refractivity contribution in [1.29, 1.82) is 0 Å². The van der Waals surface area contributed by atoms with Crippen LogP contribution < -0.4 is 15.0 Å². The fourth-order valence-electron chi connectivity index (χ4n) is 3.16. The van der Waals surface area contributed by atoms with Gasteiger partial charge in [-0.25, -0.2) is 0 Å². The van der Waals surface area contributed by atoms with Crippen molar-refractivity contribution in [2.45, 2.75) is 6.17 Å². The molecule has 0 saturated heterocycles. The highest BCUT2D eigenvalue weighted by Crippen LogP contribution is 2.37. The largest absolute Gasteiger partial charge is 0.497 e. The predicted octanol–water partition coefficient (Wildman–Crippen LogP) is 3.77. The van der Waals surface area contributed by atoms with Gasteiger partial charge >= 0.3 is 0 Å². The van der Waals surface area contributed by atoms with E-state index in [0.29, 0.717) is 28.4 Å². The van der Waals surface area contributed by atoms with E-state index in [0.717, 1.165) is 0 Å². The van der Waals surface area contributed by atoms with Crippen molar-refractivity contribution in [2.24, 2.45) is 0 Å². The lowest BCUT2D eigenvalue weighted by Gasteiger charge is -2.26. The molecule has 2 aromatic carbocycles. The second-order valence-electron chi connectivity index (χ2n) is 6.16. The molecule has 1 aliphatic rings. The molecule has 0 radical (unpaired) electrons. The SMILES string of the molecule is COc1ccc(N2C(=O)c3cccnc3[C@@H]2Nc2ccc([N+](=O)[O-])cc2)cc1. The fraction of sp³-hybridized carbons (Fsp3) is 0.100. The van der Waals surface area contributed by atoms with Crippen LogP contribution in [0, 0.1) is 10.1 Å². The Hall–Kier alpha value is -3.94. The maximum atomic E-state index is 13.0. The lowest BCUT2D eigenvalue weighted by atomic mass is 10.2. The molecule has 0 saturated carbocycles. The Morgan fingerprint density at radius 1 is 1.11 bits per heavy atom. The maximum Gasteiger partial charge on any atom is 0.269 e. The molecule has 1 atom stereocenters. The first-order chi connectivity index (χ1) is 13.6. The number of amides is 1. The summed E-state index contributed by atoms with van der Waals surface area (Å²) in [5.74, 6) is 0.513. The van der Waals surface area contributed by atoms with Crippen molar-refractivity contribution >= 4 is 23.0 Å². The minimum Gasteiger partial charge on any atom is -0.497 e. The van der Waals surface area contributed by atoms with Gasteiger partial charge in [-0.2, -0.15) is 0 Å². The molecule has 1 N–H and O–H groups in total. The number of methoxy groups -OCH3 is 1. The van der Waals surface area contributed by atoms with Gasteiger partial charge in [-0.05, 0) is 48.5 Å². The zero-order valence-electron chi connectivity index (χ0n) is 14.9. The van der Waals surface area contributed by atoms with Gasteiger partial charge in [0.1, 0.15) is 5.75 Å². The topological polar surface area (TPSA) is 97.6 Å². The quantitative estimate of drug-likeness (QED) is 0.538. The third-order valence-corrected chi connectivity index (χ3v) is 4.54. The maximum absolute atomic E-state index is 13.0. The van der Waals surface area contributed by atoms with Gasteiger partial charge in [-0.3, -0.25) is 24.8 Å². The molecule has 2 heterocycles. The first-order valence-corrected chi connectivity index (χ1v) is 8.52. The standard InChI is InChI=1S/C20H16N4O4/c1-28-16-10-8-14(9-11-16)23-19(18-17(20(23)25)3-2-12-21-18)22-13-4-6-15(7-5-13)24(26)27/h2-12,19,22H,1H3/t19-/m1/s1. The van der Waals surface area contributed by atoms with Crippen molar-refractivity contribution in [3.8, 4) is 5.75 Å². The number of benzene rings is 2. The molecular weight excluding hydrogens is 360 g/mol. The average Bonchev–Trinajstić information content (AvgIpc) is 3.00. The van der Waals surface area contributed by atoms with E-state index >= 15 is 0 Å². The zero-order chi connectivity index (χ0) is 19.7. The van der Waals surface area contributed by atoms with Gasteiger partial charge in [0.05, 0.1) is 23.3 Å². The molecule has 1 aromatic heterocycles. The summed E-state index contributed by atoms with van der Waals surface area (Å²) in [6.45, 7) is 0. The molecular formula is C20H16N4O4. The van der Waals surface area contributed by atoms with Crippen LogP contribution in [0.2, 0.25) is 0 Å². The normalized spacial score (nSPS) is 15.2. The number of nitrogens with one attached hydrogen (secondary N) is 1. The smallest absolute Gasteiger partial charge is 0.269 e. The summed E-state index contributed by atoms with van der Waals surface area (Å²) in [5, 5.41) is 14.1. The van der Waals surface area contributed by atoms with Crippen molar-refractivity contribution in [3.05, 3.63) is 88.2 Å². The summed E-state index contributed by atoms with van der Waals surface area (Å²) in [6, 6.07) is 16.7. The Labute approximate surface area is 160 Å². The summed E-state index contributed by atoms with van der Waals surface area (Å²) in [6.07, 6.45) is 1.09. The van der Waals surface area contributed by atoms with Gasteiger partial charge < -0.3 is 10.1 Å². The van der Waals surface area contributed by atoms with E-state index in [4.69, 9.17) is 4.74 Å². The summed E-state index contributed by atoms with van der Waals surface area (Å²) < 4.78 is 5.19. The van der Waals surface area contributed by atoms with Crippen LogP contribution in [0.15, 0.2) is 66.9 Å². The summed E-state index contributed by atoms with van der Waals surface area (Å²) in [4.78, 5) is 29.4. The molecule has 3 aromatic rings. The van der Waals surface area contributed by atoms with Crippen LogP contribution >= 0.6 is 0 Å². The van der Waals surface area contributed by atoms with Crippen LogP contribution in [0.4, 0.5) is 17.1 Å². The third-order valence-electron chi connectivity index (χ3n) is 4.54. The number of aromatic nitrogens is 1. The van der Waals surface area contributed by atoms with Crippen LogP contribution in [0.3, 0.4) is 0 Å². The minimum atomic E-state index is -0.543. The molecule has 1 amide bonds. The number of hydrogen-bond acceptors (Lipinski definition) is 6. The van der Waals surface area contributed by atoms with Gasteiger partial charge in [0.15, 0.2) is 6.17 Å². The van der Waals surface area contributed by atoms with E-state index in [2.05, 4.69) is 10.3 Å². The number of anilines is 2. The molecule has 0 fully saturated rings. The van der Waals surface area contributed by atoms with E-state index in [9.17, 15) is 14.9 Å². The first-order valence-electron chi connectivity index (χ1n) is 8.52. The third kappa shape index (κ3) is 3.01. The second-order valence-corrected chi connectivity index (χ2v) is 6.16. The zero-order valence-corrected chi connectivity index (χ0v) is 14.9. The van der Waals surface area contributed by atoms with Crippen LogP contribution in [0.25, 0.3) is 0 Å². The number of nitro benzene ring substituents is 1. The average molecular weight is 376 g/mol. The van der Waals surface area contributed by atoms with Crippen LogP contribution in [-0.2, 0) is 0 Å². The van der Waals surface area contributed by atoms with Gasteiger partial charge in [0.25, 0.3) is 11.6 Å². The lowest BCUT2D eigenvalue weighted by molar-refractivity contribution is -0.384. The molecule has 0 bridgehead atoms. The van der Waals surface area contributed by atoms with E-state index in [1.807, 2.05) is 0 Å². The fourth-order valence-corrected chi connectivity index (χ4v) is 3.16. The molecule has 140 valence electrons. The second kappa shape index (κ2) is 6.99. The van der Waals surface area contributed by atoms with Crippen molar-refractivity contribution < 1.29 is 14.5 Å². The molecule has 0 spiro atoms. The highest BCUT2D eigenvalue weighted by molar-refractivity contribution is 6.11. The Bertz CT molecular complexity index is 1030. The van der Waals surface area contributed by atoms with E-state index < -0.39 is 11.1 Å². The Balaban J connectivity index is 1.71. The number of nitro groups is 1. The van der Waals surface area contributed by atoms with Crippen LogP contribution in [0.5, 0.6) is 5.75 Å². The Morgan fingerprint density at radius 2 is 1.82 bits per heavy atom. The summed E-state index contributed by atoms with van der Waals surface area (Å²) in [5.41, 5.74) is 2.43. The number of carbonyl (C=O) groups is 1. The molecule has 0 unspecified atom stereocenters. The van der Waals surface area contributed by atoms with E-state index in [-0.39, 0.29) is 11.6 Å². The highest BCUT2D eigenvalue weighted by atomic mass is 16.6. The molecule has 8 nitrogen and oxygen atoms in total. The highest BCUT2D eigenvalue weighted by Gasteiger charge is 2.39. The van der Waals surface area contributed by atoms with Gasteiger partial charge in [-0.1, -0.05) is 0 Å². The van der Waals surface area contributed by atoms with Crippen LogP contribution in [-0.4, -0.2) is 22.9 Å². The first kappa shape index (κ1) is 17.5. The van der Waals surface area contributed by atoms with Crippen molar-refractivity contribution in [3.63, 3.8) is 0 Å². The van der Waals surface area contributed by atoms with Crippen molar-refractivity contribution in [2.75, 3.05) is 17.3 Å². The number of carbonyl (C=O) groups excluding carboxylic acids is 1. The lowest BCUT2D eigenvalue weighted by Crippen LogP contribution is -2.32. The molecule has 28 heavy (non-hydrogen) atoms. The number of hydrogen-bond donors (Lipinski definition) is 1. The van der Waals surface area contributed by atoms with Gasteiger partial charge in [0, 0.05) is 29.7 Å². The molecule has 8 heteroatoms. The number of fused-ring (bicyclic) bond motifs is 1. The number of non-ortho nitro benzene ring substituents is 1. The number of rotatable bonds is 5. The summed E-state index contributed by atoms with van der Waals surface area (Å²) >= 11 is 0. The van der Waals surface area contributed by atoms with Crippen LogP contribution in [0.1, 0.15) is 22.2 Å². The minimum absolute atomic E-state index is 0.00131.